The van der Waals surface area contributed by atoms with Gasteiger partial charge >= 0.3 is 0 Å². The van der Waals surface area contributed by atoms with Crippen molar-refractivity contribution < 1.29 is 0 Å². The second-order valence-corrected chi connectivity index (χ2v) is 4.90. The molecule has 1 unspecified atom stereocenters. The summed E-state index contributed by atoms with van der Waals surface area (Å²) in [5.41, 5.74) is 2.14. The summed E-state index contributed by atoms with van der Waals surface area (Å²) in [5, 5.41) is 4.63. The lowest BCUT2D eigenvalue weighted by atomic mass is 10.1. The highest BCUT2D eigenvalue weighted by molar-refractivity contribution is 9.10. The van der Waals surface area contributed by atoms with E-state index in [2.05, 4.69) is 64.3 Å². The van der Waals surface area contributed by atoms with Gasteiger partial charge in [0.25, 0.3) is 0 Å². The van der Waals surface area contributed by atoms with Crippen molar-refractivity contribution in [3.05, 3.63) is 34.9 Å². The first kappa shape index (κ1) is 11.4. The molecular weight excluding hydrogens is 264 g/mol. The summed E-state index contributed by atoms with van der Waals surface area (Å²) in [4.78, 5) is 4.46. The predicted molar refractivity (Wildman–Crippen MR) is 72.8 cm³/mol. The number of hydrogen-bond donors (Lipinski definition) is 1. The Morgan fingerprint density at radius 3 is 3.00 bits per heavy atom. The average molecular weight is 279 g/mol. The molecule has 0 radical (unpaired) electrons. The monoisotopic (exact) mass is 278 g/mol. The van der Waals surface area contributed by atoms with E-state index in [4.69, 9.17) is 0 Å². The lowest BCUT2D eigenvalue weighted by Crippen LogP contribution is -2.13. The number of pyridine rings is 1. The molecule has 2 nitrogen and oxygen atoms in total. The molecule has 1 heterocycles. The minimum atomic E-state index is 0.469. The molecule has 0 saturated carbocycles. The van der Waals surface area contributed by atoms with Crippen molar-refractivity contribution >= 4 is 32.5 Å². The molecule has 84 valence electrons. The fourth-order valence-electron chi connectivity index (χ4n) is 1.62. The summed E-state index contributed by atoms with van der Waals surface area (Å²) in [6.07, 6.45) is 2.94. The summed E-state index contributed by atoms with van der Waals surface area (Å²) >= 11 is 3.44. The zero-order chi connectivity index (χ0) is 11.5. The van der Waals surface area contributed by atoms with Crippen LogP contribution in [0.2, 0.25) is 0 Å². The van der Waals surface area contributed by atoms with Gasteiger partial charge in [0.2, 0.25) is 0 Å². The van der Waals surface area contributed by atoms with Crippen LogP contribution >= 0.6 is 15.9 Å². The number of benzene rings is 1. The average Bonchev–Trinajstić information content (AvgIpc) is 2.28. The molecule has 0 aliphatic rings. The van der Waals surface area contributed by atoms with Crippen LogP contribution in [0.25, 0.3) is 10.9 Å². The van der Waals surface area contributed by atoms with E-state index in [1.807, 2.05) is 6.20 Å². The minimum Gasteiger partial charge on any atom is -0.381 e. The first-order valence-corrected chi connectivity index (χ1v) is 6.31. The van der Waals surface area contributed by atoms with E-state index in [0.717, 1.165) is 27.5 Å². The van der Waals surface area contributed by atoms with Crippen molar-refractivity contribution in [3.63, 3.8) is 0 Å². The Balaban J connectivity index is 2.45. The Hall–Kier alpha value is -1.09. The lowest BCUT2D eigenvalue weighted by Gasteiger charge is -2.14. The highest BCUT2D eigenvalue weighted by atomic mass is 79.9. The quantitative estimate of drug-likeness (QED) is 0.910. The first-order valence-electron chi connectivity index (χ1n) is 5.51. The maximum atomic E-state index is 4.46. The van der Waals surface area contributed by atoms with Gasteiger partial charge in [-0.15, -0.1) is 0 Å². The fraction of sp³-hybridized carbons (Fsp3) is 0.308. The van der Waals surface area contributed by atoms with Crippen LogP contribution in [0.3, 0.4) is 0 Å². The van der Waals surface area contributed by atoms with Crippen LogP contribution in [0, 0.1) is 0 Å². The van der Waals surface area contributed by atoms with Crippen molar-refractivity contribution in [3.8, 4) is 0 Å². The number of hydrogen-bond acceptors (Lipinski definition) is 2. The van der Waals surface area contributed by atoms with Crippen LogP contribution in [0.1, 0.15) is 20.3 Å². The molecule has 0 aliphatic heterocycles. The third kappa shape index (κ3) is 2.35. The largest absolute Gasteiger partial charge is 0.381 e. The zero-order valence-electron chi connectivity index (χ0n) is 9.50. The van der Waals surface area contributed by atoms with E-state index in [1.54, 1.807) is 0 Å². The number of nitrogens with zero attached hydrogens (tertiary/aromatic N) is 1. The SMILES string of the molecule is CCC(C)Nc1cccc2cc(Br)cnc12. The molecule has 3 heteroatoms. The van der Waals surface area contributed by atoms with Crippen molar-refractivity contribution in [2.24, 2.45) is 0 Å². The molecule has 0 aliphatic carbocycles. The van der Waals surface area contributed by atoms with E-state index in [-0.39, 0.29) is 0 Å². The van der Waals surface area contributed by atoms with Gasteiger partial charge in [0.1, 0.15) is 0 Å². The zero-order valence-corrected chi connectivity index (χ0v) is 11.1. The fourth-order valence-corrected chi connectivity index (χ4v) is 1.97. The molecule has 0 bridgehead atoms. The number of para-hydroxylation sites is 1. The molecule has 16 heavy (non-hydrogen) atoms. The highest BCUT2D eigenvalue weighted by Gasteiger charge is 2.04. The normalized spacial score (nSPS) is 12.7. The van der Waals surface area contributed by atoms with Gasteiger partial charge < -0.3 is 5.32 Å². The maximum absolute atomic E-state index is 4.46. The standard InChI is InChI=1S/C13H15BrN2/c1-3-9(2)16-12-6-4-5-10-7-11(14)8-15-13(10)12/h4-9,16H,3H2,1-2H3. The van der Waals surface area contributed by atoms with Gasteiger partial charge in [0.15, 0.2) is 0 Å². The molecule has 1 aromatic carbocycles. The number of aromatic nitrogens is 1. The summed E-state index contributed by atoms with van der Waals surface area (Å²) in [5.74, 6) is 0. The second kappa shape index (κ2) is 4.83. The third-order valence-corrected chi connectivity index (χ3v) is 3.13. The van der Waals surface area contributed by atoms with Crippen LogP contribution in [0.4, 0.5) is 5.69 Å². The summed E-state index contributed by atoms with van der Waals surface area (Å²) in [6.45, 7) is 4.35. The number of fused-ring (bicyclic) bond motifs is 1. The smallest absolute Gasteiger partial charge is 0.0934 e. The Kier molecular flexibility index (Phi) is 3.44. The summed E-state index contributed by atoms with van der Waals surface area (Å²) < 4.78 is 1.01. The van der Waals surface area contributed by atoms with Crippen molar-refractivity contribution in [2.75, 3.05) is 5.32 Å². The van der Waals surface area contributed by atoms with Crippen LogP contribution < -0.4 is 5.32 Å². The van der Waals surface area contributed by atoms with Crippen LogP contribution in [-0.4, -0.2) is 11.0 Å². The predicted octanol–water partition coefficient (Wildman–Crippen LogP) is 4.21. The van der Waals surface area contributed by atoms with Gasteiger partial charge in [0, 0.05) is 22.1 Å². The topological polar surface area (TPSA) is 24.9 Å². The molecular formula is C13H15BrN2. The molecule has 0 saturated heterocycles. The third-order valence-electron chi connectivity index (χ3n) is 2.69. The second-order valence-electron chi connectivity index (χ2n) is 3.98. The van der Waals surface area contributed by atoms with E-state index < -0.39 is 0 Å². The molecule has 1 N–H and O–H groups in total. The summed E-state index contributed by atoms with van der Waals surface area (Å²) in [7, 11) is 0. The Labute approximate surface area is 104 Å². The van der Waals surface area contributed by atoms with E-state index >= 15 is 0 Å². The van der Waals surface area contributed by atoms with E-state index in [9.17, 15) is 0 Å². The number of nitrogens with one attached hydrogen (secondary N) is 1. The molecule has 2 rings (SSSR count). The van der Waals surface area contributed by atoms with Gasteiger partial charge in [-0.3, -0.25) is 4.98 Å². The van der Waals surface area contributed by atoms with Gasteiger partial charge in [0.05, 0.1) is 11.2 Å². The maximum Gasteiger partial charge on any atom is 0.0934 e. The molecule has 1 atom stereocenters. The molecule has 0 fully saturated rings. The van der Waals surface area contributed by atoms with Gasteiger partial charge in [-0.25, -0.2) is 0 Å². The van der Waals surface area contributed by atoms with Crippen molar-refractivity contribution in [2.45, 2.75) is 26.3 Å². The first-order chi connectivity index (χ1) is 7.70. The number of anilines is 1. The van der Waals surface area contributed by atoms with E-state index in [1.165, 1.54) is 0 Å². The van der Waals surface area contributed by atoms with Gasteiger partial charge in [-0.2, -0.15) is 0 Å². The van der Waals surface area contributed by atoms with Crippen molar-refractivity contribution in [1.29, 1.82) is 0 Å². The van der Waals surface area contributed by atoms with Crippen LogP contribution in [-0.2, 0) is 0 Å². The summed E-state index contributed by atoms with van der Waals surface area (Å²) in [6, 6.07) is 8.77. The van der Waals surface area contributed by atoms with Gasteiger partial charge in [-0.05, 0) is 41.4 Å². The Morgan fingerprint density at radius 1 is 1.44 bits per heavy atom. The molecule has 0 amide bonds. The van der Waals surface area contributed by atoms with E-state index in [0.29, 0.717) is 6.04 Å². The van der Waals surface area contributed by atoms with Crippen LogP contribution in [0.15, 0.2) is 34.9 Å². The van der Waals surface area contributed by atoms with Crippen molar-refractivity contribution in [1.82, 2.24) is 4.98 Å². The lowest BCUT2D eigenvalue weighted by molar-refractivity contribution is 0.765. The molecule has 0 spiro atoms. The minimum absolute atomic E-state index is 0.469. The Morgan fingerprint density at radius 2 is 2.25 bits per heavy atom. The molecule has 1 aromatic heterocycles. The van der Waals surface area contributed by atoms with Gasteiger partial charge in [-0.1, -0.05) is 19.1 Å². The molecule has 2 aromatic rings. The Bertz CT molecular complexity index is 496. The number of halogens is 1. The highest BCUT2D eigenvalue weighted by Crippen LogP contribution is 2.24. The number of rotatable bonds is 3. The van der Waals surface area contributed by atoms with Crippen LogP contribution in [0.5, 0.6) is 0 Å².